The molecule has 4 nitrogen and oxygen atoms in total. The zero-order valence-electron chi connectivity index (χ0n) is 11.8. The van der Waals surface area contributed by atoms with Crippen LogP contribution in [0.3, 0.4) is 0 Å². The molecule has 106 valence electrons. The molecule has 0 aliphatic carbocycles. The van der Waals surface area contributed by atoms with E-state index in [9.17, 15) is 4.79 Å². The van der Waals surface area contributed by atoms with E-state index in [2.05, 4.69) is 4.98 Å². The number of benzene rings is 2. The lowest BCUT2D eigenvalue weighted by Crippen LogP contribution is -2.00. The summed E-state index contributed by atoms with van der Waals surface area (Å²) in [5.41, 5.74) is 3.68. The van der Waals surface area contributed by atoms with E-state index in [1.54, 1.807) is 19.2 Å². The van der Waals surface area contributed by atoms with Crippen LogP contribution in [0, 0.1) is 0 Å². The summed E-state index contributed by atoms with van der Waals surface area (Å²) in [6.45, 7) is 0. The van der Waals surface area contributed by atoms with Gasteiger partial charge in [-0.2, -0.15) is 0 Å². The second kappa shape index (κ2) is 5.32. The number of H-pyrrole nitrogens is 1. The van der Waals surface area contributed by atoms with Crippen LogP contribution < -0.4 is 4.74 Å². The van der Waals surface area contributed by atoms with Crippen molar-refractivity contribution in [3.05, 3.63) is 54.2 Å². The van der Waals surface area contributed by atoms with Crippen LogP contribution in [-0.2, 0) is 4.74 Å². The number of esters is 1. The molecule has 3 aromatic rings. The Kier molecular flexibility index (Phi) is 3.36. The molecule has 0 fully saturated rings. The van der Waals surface area contributed by atoms with Gasteiger partial charge in [-0.3, -0.25) is 0 Å². The molecule has 0 atom stereocenters. The van der Waals surface area contributed by atoms with E-state index in [0.717, 1.165) is 27.8 Å². The number of carbonyl (C=O) groups is 1. The summed E-state index contributed by atoms with van der Waals surface area (Å²) in [6, 6.07) is 13.3. The number of aromatic nitrogens is 1. The fraction of sp³-hybridized carbons (Fsp3) is 0.118. The molecule has 1 heterocycles. The van der Waals surface area contributed by atoms with Crippen molar-refractivity contribution in [2.24, 2.45) is 0 Å². The second-order valence-electron chi connectivity index (χ2n) is 4.68. The third kappa shape index (κ3) is 2.36. The number of carbonyl (C=O) groups excluding carboxylic acids is 1. The fourth-order valence-corrected chi connectivity index (χ4v) is 2.37. The number of nitrogens with one attached hydrogen (secondary N) is 1. The van der Waals surface area contributed by atoms with Gasteiger partial charge in [-0.15, -0.1) is 0 Å². The van der Waals surface area contributed by atoms with Crippen LogP contribution >= 0.6 is 0 Å². The quantitative estimate of drug-likeness (QED) is 0.746. The highest BCUT2D eigenvalue weighted by atomic mass is 16.5. The Morgan fingerprint density at radius 3 is 2.48 bits per heavy atom. The SMILES string of the molecule is COC(=O)c1ccc(-c2c[nH]c3ccc(OC)cc23)cc1. The maximum absolute atomic E-state index is 11.5. The summed E-state index contributed by atoms with van der Waals surface area (Å²) in [5.74, 6) is 0.483. The lowest BCUT2D eigenvalue weighted by Gasteiger charge is -2.04. The molecule has 0 amide bonds. The highest BCUT2D eigenvalue weighted by Gasteiger charge is 2.09. The molecular formula is C17H15NO3. The predicted octanol–water partition coefficient (Wildman–Crippen LogP) is 3.63. The van der Waals surface area contributed by atoms with Gasteiger partial charge in [0.15, 0.2) is 0 Å². The van der Waals surface area contributed by atoms with Crippen LogP contribution in [0.2, 0.25) is 0 Å². The topological polar surface area (TPSA) is 51.3 Å². The lowest BCUT2D eigenvalue weighted by molar-refractivity contribution is 0.0601. The minimum atomic E-state index is -0.331. The third-order valence-electron chi connectivity index (χ3n) is 3.51. The first kappa shape index (κ1) is 13.2. The van der Waals surface area contributed by atoms with E-state index in [-0.39, 0.29) is 5.97 Å². The van der Waals surface area contributed by atoms with Gasteiger partial charge in [-0.25, -0.2) is 4.79 Å². The van der Waals surface area contributed by atoms with Crippen LogP contribution in [0.4, 0.5) is 0 Å². The average Bonchev–Trinajstić information content (AvgIpc) is 2.97. The minimum absolute atomic E-state index is 0.331. The van der Waals surface area contributed by atoms with Gasteiger partial charge in [-0.1, -0.05) is 12.1 Å². The summed E-state index contributed by atoms with van der Waals surface area (Å²) < 4.78 is 9.98. The van der Waals surface area contributed by atoms with Crippen LogP contribution in [0.1, 0.15) is 10.4 Å². The van der Waals surface area contributed by atoms with E-state index in [1.807, 2.05) is 36.5 Å². The Morgan fingerprint density at radius 1 is 1.05 bits per heavy atom. The minimum Gasteiger partial charge on any atom is -0.497 e. The molecule has 0 aliphatic heterocycles. The van der Waals surface area contributed by atoms with E-state index in [1.165, 1.54) is 7.11 Å². The standard InChI is InChI=1S/C17H15NO3/c1-20-13-7-8-16-14(9-13)15(10-18-16)11-3-5-12(6-4-11)17(19)21-2/h3-10,18H,1-2H3. The van der Waals surface area contributed by atoms with Crippen molar-refractivity contribution in [3.63, 3.8) is 0 Å². The van der Waals surface area contributed by atoms with E-state index < -0.39 is 0 Å². The smallest absolute Gasteiger partial charge is 0.337 e. The van der Waals surface area contributed by atoms with Crippen LogP contribution in [0.15, 0.2) is 48.7 Å². The molecule has 0 unspecified atom stereocenters. The molecule has 1 aromatic heterocycles. The molecule has 4 heteroatoms. The Hall–Kier alpha value is -2.75. The van der Waals surface area contributed by atoms with Crippen molar-refractivity contribution in [2.75, 3.05) is 14.2 Å². The number of fused-ring (bicyclic) bond motifs is 1. The van der Waals surface area contributed by atoms with Gasteiger partial charge in [0.25, 0.3) is 0 Å². The van der Waals surface area contributed by atoms with E-state index >= 15 is 0 Å². The zero-order valence-corrected chi connectivity index (χ0v) is 11.8. The highest BCUT2D eigenvalue weighted by Crippen LogP contribution is 2.31. The first-order valence-electron chi connectivity index (χ1n) is 6.57. The third-order valence-corrected chi connectivity index (χ3v) is 3.51. The molecular weight excluding hydrogens is 266 g/mol. The van der Waals surface area contributed by atoms with Crippen LogP contribution in [0.25, 0.3) is 22.0 Å². The molecule has 0 saturated carbocycles. The first-order chi connectivity index (χ1) is 10.2. The van der Waals surface area contributed by atoms with E-state index in [4.69, 9.17) is 9.47 Å². The van der Waals surface area contributed by atoms with Gasteiger partial charge in [0.2, 0.25) is 0 Å². The second-order valence-corrected chi connectivity index (χ2v) is 4.68. The fourth-order valence-electron chi connectivity index (χ4n) is 2.37. The van der Waals surface area contributed by atoms with Crippen LogP contribution in [0.5, 0.6) is 5.75 Å². The van der Waals surface area contributed by atoms with Crippen molar-refractivity contribution in [1.82, 2.24) is 4.98 Å². The molecule has 0 spiro atoms. The predicted molar refractivity (Wildman–Crippen MR) is 81.6 cm³/mol. The maximum Gasteiger partial charge on any atom is 0.337 e. The van der Waals surface area contributed by atoms with Crippen molar-refractivity contribution in [2.45, 2.75) is 0 Å². The van der Waals surface area contributed by atoms with Crippen molar-refractivity contribution in [1.29, 1.82) is 0 Å². The van der Waals surface area contributed by atoms with Crippen molar-refractivity contribution in [3.8, 4) is 16.9 Å². The number of hydrogen-bond acceptors (Lipinski definition) is 3. The summed E-state index contributed by atoms with van der Waals surface area (Å²) in [4.78, 5) is 14.7. The number of aromatic amines is 1. The summed E-state index contributed by atoms with van der Waals surface area (Å²) >= 11 is 0. The van der Waals surface area contributed by atoms with Gasteiger partial charge in [0.05, 0.1) is 19.8 Å². The number of methoxy groups -OCH3 is 2. The number of rotatable bonds is 3. The molecule has 2 aromatic carbocycles. The average molecular weight is 281 g/mol. The van der Waals surface area contributed by atoms with E-state index in [0.29, 0.717) is 5.56 Å². The largest absolute Gasteiger partial charge is 0.497 e. The Labute approximate surface area is 122 Å². The first-order valence-corrected chi connectivity index (χ1v) is 6.57. The highest BCUT2D eigenvalue weighted by molar-refractivity contribution is 5.97. The van der Waals surface area contributed by atoms with Crippen LogP contribution in [-0.4, -0.2) is 25.2 Å². The Balaban J connectivity index is 2.05. The maximum atomic E-state index is 11.5. The monoisotopic (exact) mass is 281 g/mol. The molecule has 0 aliphatic rings. The van der Waals surface area contributed by atoms with Gasteiger partial charge in [0.1, 0.15) is 5.75 Å². The molecule has 0 bridgehead atoms. The van der Waals surface area contributed by atoms with Crippen molar-refractivity contribution >= 4 is 16.9 Å². The van der Waals surface area contributed by atoms with Gasteiger partial charge >= 0.3 is 5.97 Å². The Bertz CT molecular complexity index is 787. The molecule has 0 radical (unpaired) electrons. The van der Waals surface area contributed by atoms with Gasteiger partial charge in [0, 0.05) is 22.7 Å². The molecule has 21 heavy (non-hydrogen) atoms. The molecule has 0 saturated heterocycles. The number of hydrogen-bond donors (Lipinski definition) is 1. The summed E-state index contributed by atoms with van der Waals surface area (Å²) in [5, 5.41) is 1.08. The summed E-state index contributed by atoms with van der Waals surface area (Å²) in [7, 11) is 3.03. The zero-order chi connectivity index (χ0) is 14.8. The van der Waals surface area contributed by atoms with Gasteiger partial charge < -0.3 is 14.5 Å². The normalized spacial score (nSPS) is 10.6. The number of ether oxygens (including phenoxy) is 2. The Morgan fingerprint density at radius 2 is 1.81 bits per heavy atom. The lowest BCUT2D eigenvalue weighted by atomic mass is 10.0. The van der Waals surface area contributed by atoms with Gasteiger partial charge in [-0.05, 0) is 35.9 Å². The summed E-state index contributed by atoms with van der Waals surface area (Å²) in [6.07, 6.45) is 1.96. The van der Waals surface area contributed by atoms with Crippen molar-refractivity contribution < 1.29 is 14.3 Å². The molecule has 3 rings (SSSR count). The molecule has 1 N–H and O–H groups in total.